The summed E-state index contributed by atoms with van der Waals surface area (Å²) in [6, 6.07) is 0. The predicted octanol–water partition coefficient (Wildman–Crippen LogP) is 0.866. The van der Waals surface area contributed by atoms with Gasteiger partial charge in [0.1, 0.15) is 6.33 Å². The topological polar surface area (TPSA) is 41.6 Å². The predicted molar refractivity (Wildman–Crippen MR) is 33.1 cm³/mol. The highest BCUT2D eigenvalue weighted by Crippen LogP contribution is 2.08. The Kier molecular flexibility index (Phi) is 2.50. The molecule has 50 valence electrons. The Bertz CT molecular complexity index is 153. The lowest BCUT2D eigenvalue weighted by Crippen LogP contribution is -1.81. The minimum atomic E-state index is -0.328. The van der Waals surface area contributed by atoms with E-state index in [0.29, 0.717) is 10.9 Å². The molecule has 0 bridgehead atoms. The minimum Gasteiger partial charge on any atom is -0.254 e. The van der Waals surface area contributed by atoms with Crippen molar-refractivity contribution in [1.29, 1.82) is 0 Å². The van der Waals surface area contributed by atoms with Gasteiger partial charge in [-0.3, -0.25) is 9.49 Å². The maximum Gasteiger partial charge on any atom is 0.183 e. The highest BCUT2D eigenvalue weighted by atomic mass is 32.2. The third-order valence-corrected chi connectivity index (χ3v) is 1.54. The Morgan fingerprint density at radius 2 is 2.67 bits per heavy atom. The molecule has 1 aromatic heterocycles. The zero-order valence-electron chi connectivity index (χ0n) is 4.67. The number of nitrogens with zero attached hydrogens (tertiary/aromatic N) is 2. The van der Waals surface area contributed by atoms with Gasteiger partial charge in [-0.15, -0.1) is 0 Å². The van der Waals surface area contributed by atoms with E-state index in [1.807, 2.05) is 0 Å². The lowest BCUT2D eigenvalue weighted by molar-refractivity contribution is 0.532. The van der Waals surface area contributed by atoms with Crippen LogP contribution in [0.25, 0.3) is 0 Å². The molecular formula is C4H6FN3S. The van der Waals surface area contributed by atoms with Crippen molar-refractivity contribution in [2.24, 2.45) is 0 Å². The average molecular weight is 147 g/mol. The minimum absolute atomic E-state index is 0.328. The fraction of sp³-hybridized carbons (Fsp3) is 0.500. The second kappa shape index (κ2) is 3.45. The van der Waals surface area contributed by atoms with Gasteiger partial charge in [-0.2, -0.15) is 5.10 Å². The van der Waals surface area contributed by atoms with Crippen molar-refractivity contribution in [2.45, 2.75) is 5.16 Å². The van der Waals surface area contributed by atoms with E-state index in [2.05, 4.69) is 15.2 Å². The Morgan fingerprint density at radius 1 is 1.78 bits per heavy atom. The maximum absolute atomic E-state index is 11.5. The summed E-state index contributed by atoms with van der Waals surface area (Å²) in [7, 11) is 0. The van der Waals surface area contributed by atoms with Crippen LogP contribution in [0.1, 0.15) is 0 Å². The van der Waals surface area contributed by atoms with Gasteiger partial charge in [-0.1, -0.05) is 11.8 Å². The third kappa shape index (κ3) is 2.01. The second-order valence-corrected chi connectivity index (χ2v) is 2.41. The molecule has 0 aromatic carbocycles. The van der Waals surface area contributed by atoms with Crippen molar-refractivity contribution >= 4 is 11.8 Å². The Hall–Kier alpha value is -0.580. The van der Waals surface area contributed by atoms with Gasteiger partial charge in [-0.05, 0) is 0 Å². The summed E-state index contributed by atoms with van der Waals surface area (Å²) >= 11 is 1.32. The first-order valence-electron chi connectivity index (χ1n) is 2.47. The van der Waals surface area contributed by atoms with Crippen LogP contribution in [-0.4, -0.2) is 27.6 Å². The molecule has 0 unspecified atom stereocenters. The van der Waals surface area contributed by atoms with Crippen molar-refractivity contribution < 1.29 is 4.39 Å². The molecule has 0 amide bonds. The summed E-state index contributed by atoms with van der Waals surface area (Å²) < 4.78 is 11.5. The highest BCUT2D eigenvalue weighted by molar-refractivity contribution is 7.99. The van der Waals surface area contributed by atoms with Crippen LogP contribution in [0.2, 0.25) is 0 Å². The van der Waals surface area contributed by atoms with Gasteiger partial charge in [0.15, 0.2) is 5.16 Å². The molecule has 1 N–H and O–H groups in total. The monoisotopic (exact) mass is 147 g/mol. The van der Waals surface area contributed by atoms with E-state index in [0.717, 1.165) is 0 Å². The molecule has 0 fully saturated rings. The molecule has 0 saturated heterocycles. The first kappa shape index (κ1) is 6.54. The summed E-state index contributed by atoms with van der Waals surface area (Å²) in [6.07, 6.45) is 1.40. The van der Waals surface area contributed by atoms with Gasteiger partial charge in [0.25, 0.3) is 0 Å². The molecule has 0 saturated carbocycles. The molecule has 9 heavy (non-hydrogen) atoms. The van der Waals surface area contributed by atoms with E-state index in [-0.39, 0.29) is 6.67 Å². The first-order valence-corrected chi connectivity index (χ1v) is 3.46. The van der Waals surface area contributed by atoms with Crippen LogP contribution in [0.5, 0.6) is 0 Å². The normalized spacial score (nSPS) is 9.89. The number of aromatic amines is 1. The summed E-state index contributed by atoms with van der Waals surface area (Å²) in [6.45, 7) is -0.328. The van der Waals surface area contributed by atoms with E-state index in [1.54, 1.807) is 0 Å². The molecular weight excluding hydrogens is 141 g/mol. The zero-order valence-corrected chi connectivity index (χ0v) is 5.49. The number of halogens is 1. The molecule has 1 heterocycles. The number of thioether (sulfide) groups is 1. The number of hydrogen-bond acceptors (Lipinski definition) is 3. The Balaban J connectivity index is 2.30. The fourth-order valence-electron chi connectivity index (χ4n) is 0.399. The van der Waals surface area contributed by atoms with Crippen LogP contribution in [-0.2, 0) is 0 Å². The molecule has 0 radical (unpaired) electrons. The third-order valence-electron chi connectivity index (χ3n) is 0.709. The molecule has 0 aliphatic carbocycles. The van der Waals surface area contributed by atoms with Crippen LogP contribution < -0.4 is 0 Å². The maximum atomic E-state index is 11.5. The van der Waals surface area contributed by atoms with Crippen molar-refractivity contribution in [3.05, 3.63) is 6.33 Å². The van der Waals surface area contributed by atoms with Crippen LogP contribution in [0.4, 0.5) is 4.39 Å². The van der Waals surface area contributed by atoms with E-state index in [9.17, 15) is 4.39 Å². The van der Waals surface area contributed by atoms with Gasteiger partial charge >= 0.3 is 0 Å². The van der Waals surface area contributed by atoms with E-state index in [4.69, 9.17) is 0 Å². The molecule has 0 atom stereocenters. The van der Waals surface area contributed by atoms with Gasteiger partial charge in [-0.25, -0.2) is 4.98 Å². The Labute approximate surface area is 56.1 Å². The average Bonchev–Trinajstić information content (AvgIpc) is 2.34. The molecule has 0 aliphatic heterocycles. The van der Waals surface area contributed by atoms with E-state index < -0.39 is 0 Å². The van der Waals surface area contributed by atoms with Crippen molar-refractivity contribution in [1.82, 2.24) is 15.2 Å². The van der Waals surface area contributed by atoms with Crippen molar-refractivity contribution in [2.75, 3.05) is 12.4 Å². The molecule has 0 aliphatic rings. The van der Waals surface area contributed by atoms with Crippen LogP contribution >= 0.6 is 11.8 Å². The van der Waals surface area contributed by atoms with Gasteiger partial charge in [0.05, 0.1) is 6.67 Å². The lowest BCUT2D eigenvalue weighted by Gasteiger charge is -1.87. The van der Waals surface area contributed by atoms with Crippen LogP contribution in [0, 0.1) is 0 Å². The summed E-state index contributed by atoms with van der Waals surface area (Å²) in [4.78, 5) is 3.78. The largest absolute Gasteiger partial charge is 0.254 e. The number of hydrogen-bond donors (Lipinski definition) is 1. The zero-order chi connectivity index (χ0) is 6.53. The molecule has 0 spiro atoms. The lowest BCUT2D eigenvalue weighted by atomic mass is 10.9. The summed E-state index contributed by atoms with van der Waals surface area (Å²) in [5.74, 6) is 0.440. The van der Waals surface area contributed by atoms with Gasteiger partial charge in [0, 0.05) is 5.75 Å². The van der Waals surface area contributed by atoms with Crippen LogP contribution in [0.3, 0.4) is 0 Å². The fourth-order valence-corrected chi connectivity index (χ4v) is 0.908. The summed E-state index contributed by atoms with van der Waals surface area (Å²) in [5.41, 5.74) is 0. The highest BCUT2D eigenvalue weighted by Gasteiger charge is 1.93. The second-order valence-electron chi connectivity index (χ2n) is 1.33. The number of H-pyrrole nitrogens is 1. The van der Waals surface area contributed by atoms with Crippen molar-refractivity contribution in [3.8, 4) is 0 Å². The SMILES string of the molecule is FCCSc1ncn[nH]1. The van der Waals surface area contributed by atoms with Crippen molar-refractivity contribution in [3.63, 3.8) is 0 Å². The molecule has 1 aromatic rings. The number of aromatic nitrogens is 3. The standard InChI is InChI=1S/C4H6FN3S/c5-1-2-9-4-6-3-7-8-4/h3H,1-2H2,(H,6,7,8). The van der Waals surface area contributed by atoms with E-state index >= 15 is 0 Å². The number of rotatable bonds is 3. The number of nitrogens with one attached hydrogen (secondary N) is 1. The molecule has 5 heteroatoms. The summed E-state index contributed by atoms with van der Waals surface area (Å²) in [5, 5.41) is 6.88. The van der Waals surface area contributed by atoms with Gasteiger partial charge in [0.2, 0.25) is 0 Å². The number of alkyl halides is 1. The quantitative estimate of drug-likeness (QED) is 0.645. The molecule has 3 nitrogen and oxygen atoms in total. The van der Waals surface area contributed by atoms with E-state index in [1.165, 1.54) is 18.1 Å². The smallest absolute Gasteiger partial charge is 0.183 e. The van der Waals surface area contributed by atoms with Crippen LogP contribution in [0.15, 0.2) is 11.5 Å². The first-order chi connectivity index (χ1) is 4.43. The Morgan fingerprint density at radius 3 is 3.22 bits per heavy atom. The molecule has 1 rings (SSSR count). The van der Waals surface area contributed by atoms with Gasteiger partial charge < -0.3 is 0 Å².